The Kier molecular flexibility index (Phi) is 5.60. The lowest BCUT2D eigenvalue weighted by Crippen LogP contribution is -2.41. The topological polar surface area (TPSA) is 62.7 Å². The lowest BCUT2D eigenvalue weighted by molar-refractivity contribution is 0.233. The van der Waals surface area contributed by atoms with Gasteiger partial charge >= 0.3 is 6.03 Å². The van der Waals surface area contributed by atoms with Crippen LogP contribution >= 0.6 is 0 Å². The van der Waals surface area contributed by atoms with Gasteiger partial charge in [0.2, 0.25) is 0 Å². The van der Waals surface area contributed by atoms with Crippen molar-refractivity contribution in [2.75, 3.05) is 7.11 Å². The molecule has 0 aliphatic heterocycles. The summed E-state index contributed by atoms with van der Waals surface area (Å²) < 4.78 is 5.11. The fourth-order valence-electron chi connectivity index (χ4n) is 2.50. The van der Waals surface area contributed by atoms with Crippen molar-refractivity contribution >= 4 is 11.7 Å². The zero-order chi connectivity index (χ0) is 15.1. The first-order valence-corrected chi connectivity index (χ1v) is 7.44. The molecule has 5 nitrogen and oxygen atoms in total. The summed E-state index contributed by atoms with van der Waals surface area (Å²) in [5.74, 6) is 0.801. The average Bonchev–Trinajstić information content (AvgIpc) is 2.53. The molecule has 0 unspecified atom stereocenters. The van der Waals surface area contributed by atoms with E-state index in [-0.39, 0.29) is 12.1 Å². The Balaban J connectivity index is 1.85. The molecule has 2 amide bonds. The first kappa shape index (κ1) is 15.4. The van der Waals surface area contributed by atoms with E-state index in [0.29, 0.717) is 0 Å². The molecule has 1 aromatic carbocycles. The van der Waals surface area contributed by atoms with Gasteiger partial charge in [-0.15, -0.1) is 0 Å². The molecular formula is C16H23N3O2. The number of hydrogen-bond donors (Lipinski definition) is 2. The molecule has 1 aliphatic rings. The van der Waals surface area contributed by atoms with Crippen LogP contribution in [-0.2, 0) is 0 Å². The van der Waals surface area contributed by atoms with Gasteiger partial charge in [-0.2, -0.15) is 5.10 Å². The van der Waals surface area contributed by atoms with E-state index in [4.69, 9.17) is 4.74 Å². The van der Waals surface area contributed by atoms with Crippen LogP contribution in [0.1, 0.15) is 44.6 Å². The molecule has 0 heterocycles. The van der Waals surface area contributed by atoms with Crippen LogP contribution in [0, 0.1) is 0 Å². The van der Waals surface area contributed by atoms with E-state index in [1.165, 1.54) is 19.3 Å². The molecule has 0 spiro atoms. The zero-order valence-electron chi connectivity index (χ0n) is 12.7. The molecule has 0 aromatic heterocycles. The first-order chi connectivity index (χ1) is 10.2. The van der Waals surface area contributed by atoms with Crippen LogP contribution in [0.4, 0.5) is 4.79 Å². The molecule has 114 valence electrons. The van der Waals surface area contributed by atoms with Crippen molar-refractivity contribution in [2.24, 2.45) is 5.10 Å². The molecule has 0 radical (unpaired) electrons. The third kappa shape index (κ3) is 4.77. The van der Waals surface area contributed by atoms with Crippen molar-refractivity contribution in [3.8, 4) is 5.75 Å². The number of ether oxygens (including phenoxy) is 1. The van der Waals surface area contributed by atoms with Crippen molar-refractivity contribution in [3.05, 3.63) is 29.8 Å². The molecule has 1 fully saturated rings. The molecule has 0 atom stereocenters. The van der Waals surface area contributed by atoms with Gasteiger partial charge in [0.1, 0.15) is 5.75 Å². The number of rotatable bonds is 4. The molecule has 0 bridgehead atoms. The van der Waals surface area contributed by atoms with Gasteiger partial charge in [-0.25, -0.2) is 10.2 Å². The van der Waals surface area contributed by atoms with Gasteiger partial charge in [-0.05, 0) is 49.6 Å². The largest absolute Gasteiger partial charge is 0.497 e. The maximum Gasteiger partial charge on any atom is 0.335 e. The number of nitrogens with one attached hydrogen (secondary N) is 2. The van der Waals surface area contributed by atoms with E-state index in [9.17, 15) is 4.79 Å². The second-order valence-electron chi connectivity index (χ2n) is 5.35. The maximum absolute atomic E-state index is 11.8. The second kappa shape index (κ2) is 7.67. The number of benzene rings is 1. The smallest absolute Gasteiger partial charge is 0.335 e. The summed E-state index contributed by atoms with van der Waals surface area (Å²) in [5, 5.41) is 7.10. The van der Waals surface area contributed by atoms with Crippen LogP contribution in [0.15, 0.2) is 29.4 Å². The Morgan fingerprint density at radius 1 is 1.19 bits per heavy atom. The van der Waals surface area contributed by atoms with Crippen LogP contribution < -0.4 is 15.5 Å². The normalized spacial score (nSPS) is 16.4. The van der Waals surface area contributed by atoms with Gasteiger partial charge in [-0.3, -0.25) is 0 Å². The van der Waals surface area contributed by atoms with E-state index in [0.717, 1.165) is 29.9 Å². The molecule has 5 heteroatoms. The molecular weight excluding hydrogens is 266 g/mol. The highest BCUT2D eigenvalue weighted by Gasteiger charge is 2.15. The Morgan fingerprint density at radius 2 is 1.86 bits per heavy atom. The van der Waals surface area contributed by atoms with Gasteiger partial charge in [0.15, 0.2) is 0 Å². The Morgan fingerprint density at radius 3 is 2.48 bits per heavy atom. The summed E-state index contributed by atoms with van der Waals surface area (Å²) in [6.45, 7) is 1.86. The number of amides is 2. The lowest BCUT2D eigenvalue weighted by Gasteiger charge is -2.22. The molecule has 1 saturated carbocycles. The minimum Gasteiger partial charge on any atom is -0.497 e. The van der Waals surface area contributed by atoms with E-state index in [1.54, 1.807) is 7.11 Å². The number of methoxy groups -OCH3 is 1. The van der Waals surface area contributed by atoms with Crippen molar-refractivity contribution < 1.29 is 9.53 Å². The molecule has 21 heavy (non-hydrogen) atoms. The highest BCUT2D eigenvalue weighted by atomic mass is 16.5. The summed E-state index contributed by atoms with van der Waals surface area (Å²) >= 11 is 0. The van der Waals surface area contributed by atoms with Crippen LogP contribution in [-0.4, -0.2) is 24.9 Å². The zero-order valence-corrected chi connectivity index (χ0v) is 12.7. The van der Waals surface area contributed by atoms with Crippen molar-refractivity contribution in [1.82, 2.24) is 10.7 Å². The Labute approximate surface area is 125 Å². The van der Waals surface area contributed by atoms with E-state index >= 15 is 0 Å². The first-order valence-electron chi connectivity index (χ1n) is 7.44. The Hall–Kier alpha value is -2.04. The third-order valence-corrected chi connectivity index (χ3v) is 3.77. The standard InChI is InChI=1S/C16H23N3O2/c1-12(13-8-10-15(21-2)11-9-13)18-19-16(20)17-14-6-4-3-5-7-14/h8-11,14H,3-7H2,1-2H3,(H2,17,19,20)/b18-12+. The predicted molar refractivity (Wildman–Crippen MR) is 83.7 cm³/mol. The number of hydrogen-bond acceptors (Lipinski definition) is 3. The highest BCUT2D eigenvalue weighted by Crippen LogP contribution is 2.17. The van der Waals surface area contributed by atoms with Crippen molar-refractivity contribution in [3.63, 3.8) is 0 Å². The maximum atomic E-state index is 11.8. The fourth-order valence-corrected chi connectivity index (χ4v) is 2.50. The van der Waals surface area contributed by atoms with Gasteiger partial charge < -0.3 is 10.1 Å². The minimum atomic E-state index is -0.227. The average molecular weight is 289 g/mol. The summed E-state index contributed by atoms with van der Waals surface area (Å²) in [7, 11) is 1.63. The number of hydrazone groups is 1. The molecule has 2 rings (SSSR count). The van der Waals surface area contributed by atoms with Gasteiger partial charge in [-0.1, -0.05) is 19.3 Å². The van der Waals surface area contributed by atoms with E-state index < -0.39 is 0 Å². The molecule has 1 aromatic rings. The molecule has 0 saturated heterocycles. The summed E-state index contributed by atoms with van der Waals surface area (Å²) in [4.78, 5) is 11.8. The Bertz CT molecular complexity index is 491. The van der Waals surface area contributed by atoms with Crippen LogP contribution in [0.3, 0.4) is 0 Å². The van der Waals surface area contributed by atoms with Crippen LogP contribution in [0.2, 0.25) is 0 Å². The van der Waals surface area contributed by atoms with Crippen LogP contribution in [0.25, 0.3) is 0 Å². The number of nitrogens with zero attached hydrogens (tertiary/aromatic N) is 1. The fraction of sp³-hybridized carbons (Fsp3) is 0.500. The van der Waals surface area contributed by atoms with Gasteiger partial charge in [0.05, 0.1) is 12.8 Å². The predicted octanol–water partition coefficient (Wildman–Crippen LogP) is 3.05. The quantitative estimate of drug-likeness (QED) is 0.661. The number of carbonyl (C=O) groups excluding carboxylic acids is 1. The monoisotopic (exact) mass is 289 g/mol. The van der Waals surface area contributed by atoms with E-state index in [2.05, 4.69) is 15.8 Å². The van der Waals surface area contributed by atoms with Gasteiger partial charge in [0, 0.05) is 6.04 Å². The molecule has 1 aliphatic carbocycles. The summed E-state index contributed by atoms with van der Waals surface area (Å²) in [5.41, 5.74) is 4.28. The second-order valence-corrected chi connectivity index (χ2v) is 5.35. The number of carbonyl (C=O) groups is 1. The lowest BCUT2D eigenvalue weighted by atomic mass is 9.96. The van der Waals surface area contributed by atoms with Crippen LogP contribution in [0.5, 0.6) is 5.75 Å². The summed E-state index contributed by atoms with van der Waals surface area (Å²) in [6.07, 6.45) is 5.79. The molecule has 2 N–H and O–H groups in total. The van der Waals surface area contributed by atoms with Crippen molar-refractivity contribution in [1.29, 1.82) is 0 Å². The third-order valence-electron chi connectivity index (χ3n) is 3.77. The minimum absolute atomic E-state index is 0.227. The summed E-state index contributed by atoms with van der Waals surface area (Å²) in [6, 6.07) is 7.63. The van der Waals surface area contributed by atoms with E-state index in [1.807, 2.05) is 31.2 Å². The SMILES string of the molecule is COc1ccc(/C(C)=N/NC(=O)NC2CCCCC2)cc1. The number of urea groups is 1. The highest BCUT2D eigenvalue weighted by molar-refractivity contribution is 5.99. The van der Waals surface area contributed by atoms with Gasteiger partial charge in [0.25, 0.3) is 0 Å². The van der Waals surface area contributed by atoms with Crippen molar-refractivity contribution in [2.45, 2.75) is 45.1 Å².